The van der Waals surface area contributed by atoms with Crippen molar-refractivity contribution >= 4 is 45.2 Å². The van der Waals surface area contributed by atoms with Gasteiger partial charge in [0.25, 0.3) is 0 Å². The van der Waals surface area contributed by atoms with Gasteiger partial charge in [0, 0.05) is 7.85 Å². The van der Waals surface area contributed by atoms with Gasteiger partial charge in [-0.2, -0.15) is 0 Å². The summed E-state index contributed by atoms with van der Waals surface area (Å²) < 4.78 is 1.05. The standard InChI is InChI=1S/C8H12I2/c1-5(2)7(9)8(10)6(3)4/h7-8H,1,3H2,2,4H3. The summed E-state index contributed by atoms with van der Waals surface area (Å²) in [5.41, 5.74) is 2.45. The van der Waals surface area contributed by atoms with Crippen molar-refractivity contribution in [2.45, 2.75) is 21.7 Å². The molecule has 0 aliphatic rings. The maximum absolute atomic E-state index is 3.91. The van der Waals surface area contributed by atoms with Gasteiger partial charge in [-0.15, -0.1) is 0 Å². The molecule has 0 heterocycles. The van der Waals surface area contributed by atoms with E-state index in [-0.39, 0.29) is 0 Å². The normalized spacial score (nSPS) is 16.0. The third-order valence-corrected chi connectivity index (χ3v) is 6.14. The Labute approximate surface area is 90.4 Å². The van der Waals surface area contributed by atoms with E-state index in [1.807, 2.05) is 0 Å². The molecule has 2 atom stereocenters. The molecule has 0 rings (SSSR count). The molecule has 0 aliphatic carbocycles. The number of rotatable bonds is 3. The molecule has 0 spiro atoms. The quantitative estimate of drug-likeness (QED) is 0.408. The molecule has 10 heavy (non-hydrogen) atoms. The first-order valence-electron chi connectivity index (χ1n) is 3.05. The van der Waals surface area contributed by atoms with E-state index in [1.165, 1.54) is 11.1 Å². The summed E-state index contributed by atoms with van der Waals surface area (Å²) in [7, 11) is 0. The first-order chi connectivity index (χ1) is 4.46. The summed E-state index contributed by atoms with van der Waals surface area (Å²) in [5.74, 6) is 0. The lowest BCUT2D eigenvalue weighted by molar-refractivity contribution is 1.03. The predicted molar refractivity (Wildman–Crippen MR) is 65.2 cm³/mol. The Morgan fingerprint density at radius 1 is 1.00 bits per heavy atom. The van der Waals surface area contributed by atoms with Gasteiger partial charge in [-0.3, -0.25) is 0 Å². The van der Waals surface area contributed by atoms with Crippen LogP contribution >= 0.6 is 45.2 Å². The smallest absolute Gasteiger partial charge is 0.0468 e. The monoisotopic (exact) mass is 362 g/mol. The molecule has 0 saturated heterocycles. The van der Waals surface area contributed by atoms with Crippen LogP contribution in [0.5, 0.6) is 0 Å². The van der Waals surface area contributed by atoms with Crippen LogP contribution in [0, 0.1) is 0 Å². The summed E-state index contributed by atoms with van der Waals surface area (Å²) in [5, 5.41) is 0. The highest BCUT2D eigenvalue weighted by Gasteiger charge is 2.15. The van der Waals surface area contributed by atoms with Crippen molar-refractivity contribution in [2.75, 3.05) is 0 Å². The van der Waals surface area contributed by atoms with E-state index in [0.29, 0.717) is 7.85 Å². The third kappa shape index (κ3) is 3.37. The lowest BCUT2D eigenvalue weighted by atomic mass is 10.1. The van der Waals surface area contributed by atoms with E-state index in [2.05, 4.69) is 72.2 Å². The van der Waals surface area contributed by atoms with Gasteiger partial charge in [0.1, 0.15) is 0 Å². The highest BCUT2D eigenvalue weighted by molar-refractivity contribution is 14.1. The molecule has 0 N–H and O–H groups in total. The maximum atomic E-state index is 3.91. The molecule has 2 unspecified atom stereocenters. The summed E-state index contributed by atoms with van der Waals surface area (Å²) in [6, 6.07) is 0. The molecule has 58 valence electrons. The van der Waals surface area contributed by atoms with Gasteiger partial charge in [0.15, 0.2) is 0 Å². The molecule has 0 bridgehead atoms. The number of allylic oxidation sites excluding steroid dienone is 2. The Morgan fingerprint density at radius 2 is 1.20 bits per heavy atom. The molecule has 0 aromatic rings. The van der Waals surface area contributed by atoms with Gasteiger partial charge in [0.2, 0.25) is 0 Å². The van der Waals surface area contributed by atoms with Gasteiger partial charge in [-0.1, -0.05) is 69.5 Å². The zero-order valence-corrected chi connectivity index (χ0v) is 10.6. The average Bonchev–Trinajstić information content (AvgIpc) is 1.84. The van der Waals surface area contributed by atoms with Crippen LogP contribution in [-0.2, 0) is 0 Å². The molecule has 0 radical (unpaired) electrons. The lowest BCUT2D eigenvalue weighted by Crippen LogP contribution is -2.14. The molecule has 0 amide bonds. The van der Waals surface area contributed by atoms with Crippen LogP contribution in [0.2, 0.25) is 0 Å². The van der Waals surface area contributed by atoms with Gasteiger partial charge in [0.05, 0.1) is 0 Å². The van der Waals surface area contributed by atoms with Crippen molar-refractivity contribution in [2.24, 2.45) is 0 Å². The zero-order valence-electron chi connectivity index (χ0n) is 6.32. The van der Waals surface area contributed by atoms with Crippen molar-refractivity contribution < 1.29 is 0 Å². The highest BCUT2D eigenvalue weighted by Crippen LogP contribution is 2.26. The molecule has 0 aromatic carbocycles. The first-order valence-corrected chi connectivity index (χ1v) is 5.55. The van der Waals surface area contributed by atoms with E-state index >= 15 is 0 Å². The number of hydrogen-bond acceptors (Lipinski definition) is 0. The SMILES string of the molecule is C=C(C)C(I)C(I)C(=C)C. The summed E-state index contributed by atoms with van der Waals surface area (Å²) in [6.45, 7) is 11.9. The van der Waals surface area contributed by atoms with Crippen LogP contribution in [0.25, 0.3) is 0 Å². The summed E-state index contributed by atoms with van der Waals surface area (Å²) in [6.07, 6.45) is 0. The van der Waals surface area contributed by atoms with Crippen molar-refractivity contribution in [3.8, 4) is 0 Å². The zero-order chi connectivity index (χ0) is 8.31. The van der Waals surface area contributed by atoms with Crippen molar-refractivity contribution in [3.05, 3.63) is 24.3 Å². The molecule has 2 heteroatoms. The van der Waals surface area contributed by atoms with E-state index in [1.54, 1.807) is 0 Å². The second kappa shape index (κ2) is 4.74. The Hall–Kier alpha value is 0.940. The van der Waals surface area contributed by atoms with Gasteiger partial charge in [-0.05, 0) is 13.8 Å². The van der Waals surface area contributed by atoms with Crippen molar-refractivity contribution in [1.82, 2.24) is 0 Å². The van der Waals surface area contributed by atoms with E-state index in [0.717, 1.165) is 0 Å². The van der Waals surface area contributed by atoms with E-state index < -0.39 is 0 Å². The Bertz CT molecular complexity index is 131. The first kappa shape index (κ1) is 10.9. The van der Waals surface area contributed by atoms with E-state index in [9.17, 15) is 0 Å². The van der Waals surface area contributed by atoms with Crippen LogP contribution in [0.3, 0.4) is 0 Å². The van der Waals surface area contributed by atoms with Crippen LogP contribution in [0.4, 0.5) is 0 Å². The topological polar surface area (TPSA) is 0 Å². The summed E-state index contributed by atoms with van der Waals surface area (Å²) in [4.78, 5) is 0. The number of alkyl halides is 2. The van der Waals surface area contributed by atoms with Gasteiger partial charge >= 0.3 is 0 Å². The minimum atomic E-state index is 0.524. The lowest BCUT2D eigenvalue weighted by Gasteiger charge is -2.16. The van der Waals surface area contributed by atoms with E-state index in [4.69, 9.17) is 0 Å². The van der Waals surface area contributed by atoms with Crippen LogP contribution in [0.15, 0.2) is 24.3 Å². The predicted octanol–water partition coefficient (Wildman–Crippen LogP) is 3.75. The number of halogens is 2. The fourth-order valence-corrected chi connectivity index (χ4v) is 1.73. The molecule has 0 nitrogen and oxygen atoms in total. The van der Waals surface area contributed by atoms with Crippen LogP contribution < -0.4 is 0 Å². The summed E-state index contributed by atoms with van der Waals surface area (Å²) >= 11 is 4.81. The Kier molecular flexibility index (Phi) is 5.19. The van der Waals surface area contributed by atoms with Gasteiger partial charge < -0.3 is 0 Å². The van der Waals surface area contributed by atoms with Crippen molar-refractivity contribution in [3.63, 3.8) is 0 Å². The molecular weight excluding hydrogens is 350 g/mol. The van der Waals surface area contributed by atoms with Crippen LogP contribution in [0.1, 0.15) is 13.8 Å². The Morgan fingerprint density at radius 3 is 1.30 bits per heavy atom. The molecule has 0 fully saturated rings. The second-order valence-corrected chi connectivity index (χ2v) is 5.18. The molecular formula is C8H12I2. The molecule has 0 aromatic heterocycles. The van der Waals surface area contributed by atoms with Crippen molar-refractivity contribution in [1.29, 1.82) is 0 Å². The third-order valence-electron chi connectivity index (χ3n) is 1.20. The van der Waals surface area contributed by atoms with Crippen LogP contribution in [-0.4, -0.2) is 7.85 Å². The fraction of sp³-hybridized carbons (Fsp3) is 0.500. The largest absolute Gasteiger partial charge is 0.0990 e. The number of hydrogen-bond donors (Lipinski definition) is 0. The Balaban J connectivity index is 4.07. The fourth-order valence-electron chi connectivity index (χ4n) is 0.500. The maximum Gasteiger partial charge on any atom is 0.0468 e. The minimum Gasteiger partial charge on any atom is -0.0990 e. The molecule has 0 saturated carbocycles. The second-order valence-electron chi connectivity index (χ2n) is 2.50. The van der Waals surface area contributed by atoms with Gasteiger partial charge in [-0.25, -0.2) is 0 Å². The average molecular weight is 362 g/mol. The minimum absolute atomic E-state index is 0.524. The molecule has 0 aliphatic heterocycles. The highest BCUT2D eigenvalue weighted by atomic mass is 127.